The number of nitriles is 1. The smallest absolute Gasteiger partial charge is 0.244 e. The lowest BCUT2D eigenvalue weighted by Crippen LogP contribution is -2.26. The van der Waals surface area contributed by atoms with Crippen LogP contribution in [-0.4, -0.2) is 18.4 Å². The molecule has 0 spiro atoms. The minimum atomic E-state index is -0.252. The number of hydrogen-bond acceptors (Lipinski definition) is 3. The highest BCUT2D eigenvalue weighted by Crippen LogP contribution is 2.09. The molecule has 2 aromatic rings. The molecule has 2 aromatic carbocycles. The molecule has 0 saturated heterocycles. The minimum absolute atomic E-state index is 0.154. The largest absolute Gasteiger partial charge is 0.352 e. The van der Waals surface area contributed by atoms with Crippen LogP contribution >= 0.6 is 0 Å². The molecule has 5 nitrogen and oxygen atoms in total. The summed E-state index contributed by atoms with van der Waals surface area (Å²) in [7, 11) is 0. The van der Waals surface area contributed by atoms with Gasteiger partial charge in [-0.15, -0.1) is 0 Å². The fraction of sp³-hybridized carbons (Fsp3) is 0.105. The van der Waals surface area contributed by atoms with Crippen molar-refractivity contribution in [2.45, 2.75) is 6.42 Å². The van der Waals surface area contributed by atoms with Crippen LogP contribution in [0.15, 0.2) is 60.7 Å². The summed E-state index contributed by atoms with van der Waals surface area (Å²) < 4.78 is 0. The van der Waals surface area contributed by atoms with Crippen molar-refractivity contribution < 1.29 is 9.59 Å². The van der Waals surface area contributed by atoms with Gasteiger partial charge in [0.1, 0.15) is 0 Å². The second-order valence-corrected chi connectivity index (χ2v) is 5.03. The van der Waals surface area contributed by atoms with Gasteiger partial charge in [-0.1, -0.05) is 36.4 Å². The van der Waals surface area contributed by atoms with E-state index in [0.29, 0.717) is 11.3 Å². The zero-order valence-corrected chi connectivity index (χ0v) is 13.0. The summed E-state index contributed by atoms with van der Waals surface area (Å²) in [6.07, 6.45) is 3.30. The molecule has 0 aliphatic heterocycles. The summed E-state index contributed by atoms with van der Waals surface area (Å²) in [4.78, 5) is 23.5. The van der Waals surface area contributed by atoms with E-state index >= 15 is 0 Å². The average molecular weight is 319 g/mol. The Morgan fingerprint density at radius 1 is 1.08 bits per heavy atom. The van der Waals surface area contributed by atoms with Crippen molar-refractivity contribution in [2.24, 2.45) is 0 Å². The first-order chi connectivity index (χ1) is 11.7. The summed E-state index contributed by atoms with van der Waals surface area (Å²) in [5, 5.41) is 14.2. The van der Waals surface area contributed by atoms with E-state index in [9.17, 15) is 9.59 Å². The van der Waals surface area contributed by atoms with E-state index in [1.807, 2.05) is 36.4 Å². The molecule has 0 bridgehead atoms. The van der Waals surface area contributed by atoms with Gasteiger partial charge in [-0.2, -0.15) is 5.26 Å². The predicted octanol–water partition coefficient (Wildman–Crippen LogP) is 2.72. The lowest BCUT2D eigenvalue weighted by atomic mass is 10.2. The van der Waals surface area contributed by atoms with Gasteiger partial charge in [0.05, 0.1) is 11.6 Å². The Labute approximate surface area is 140 Å². The van der Waals surface area contributed by atoms with Gasteiger partial charge >= 0.3 is 0 Å². The third-order valence-corrected chi connectivity index (χ3v) is 3.15. The van der Waals surface area contributed by atoms with Gasteiger partial charge in [0.15, 0.2) is 0 Å². The van der Waals surface area contributed by atoms with Crippen LogP contribution in [0.3, 0.4) is 0 Å². The fourth-order valence-electron chi connectivity index (χ4n) is 1.98. The average Bonchev–Trinajstić information content (AvgIpc) is 2.61. The van der Waals surface area contributed by atoms with Crippen molar-refractivity contribution in [1.82, 2.24) is 5.32 Å². The molecule has 0 unspecified atom stereocenters. The third kappa shape index (κ3) is 5.78. The van der Waals surface area contributed by atoms with Crippen molar-refractivity contribution >= 4 is 23.6 Å². The van der Waals surface area contributed by atoms with Gasteiger partial charge < -0.3 is 10.6 Å². The normalized spacial score (nSPS) is 10.1. The van der Waals surface area contributed by atoms with Gasteiger partial charge in [0, 0.05) is 24.7 Å². The van der Waals surface area contributed by atoms with E-state index in [2.05, 4.69) is 10.6 Å². The molecule has 0 atom stereocenters. The second-order valence-electron chi connectivity index (χ2n) is 5.03. The zero-order chi connectivity index (χ0) is 17.2. The van der Waals surface area contributed by atoms with Crippen LogP contribution in [0.2, 0.25) is 0 Å². The van der Waals surface area contributed by atoms with E-state index in [1.165, 1.54) is 6.08 Å². The van der Waals surface area contributed by atoms with Gasteiger partial charge in [-0.25, -0.2) is 0 Å². The molecular weight excluding hydrogens is 302 g/mol. The Morgan fingerprint density at radius 2 is 1.88 bits per heavy atom. The SMILES string of the molecule is N#Cc1cccc(NC(=O)CCNC(=O)/C=C/c2ccccc2)c1. The van der Waals surface area contributed by atoms with Gasteiger partial charge in [0.25, 0.3) is 0 Å². The number of amides is 2. The molecule has 120 valence electrons. The maximum Gasteiger partial charge on any atom is 0.244 e. The van der Waals surface area contributed by atoms with Crippen LogP contribution in [-0.2, 0) is 9.59 Å². The van der Waals surface area contributed by atoms with Crippen molar-refractivity contribution in [2.75, 3.05) is 11.9 Å². The lowest BCUT2D eigenvalue weighted by molar-refractivity contribution is -0.117. The van der Waals surface area contributed by atoms with Crippen LogP contribution in [0.4, 0.5) is 5.69 Å². The first kappa shape index (κ1) is 17.0. The van der Waals surface area contributed by atoms with Crippen molar-refractivity contribution in [3.63, 3.8) is 0 Å². The van der Waals surface area contributed by atoms with Crippen molar-refractivity contribution in [3.8, 4) is 6.07 Å². The van der Waals surface area contributed by atoms with Crippen LogP contribution < -0.4 is 10.6 Å². The van der Waals surface area contributed by atoms with Gasteiger partial charge in [-0.3, -0.25) is 9.59 Å². The molecule has 0 saturated carbocycles. The zero-order valence-electron chi connectivity index (χ0n) is 13.0. The number of anilines is 1. The molecule has 0 fully saturated rings. The molecule has 0 aromatic heterocycles. The van der Waals surface area contributed by atoms with E-state index < -0.39 is 0 Å². The summed E-state index contributed by atoms with van der Waals surface area (Å²) in [5.41, 5.74) is 1.98. The number of nitrogens with zero attached hydrogens (tertiary/aromatic N) is 1. The van der Waals surface area contributed by atoms with E-state index in [0.717, 1.165) is 5.56 Å². The Hall–Kier alpha value is -3.39. The Balaban J connectivity index is 1.73. The minimum Gasteiger partial charge on any atom is -0.352 e. The first-order valence-electron chi connectivity index (χ1n) is 7.48. The molecule has 24 heavy (non-hydrogen) atoms. The summed E-state index contributed by atoms with van der Waals surface area (Å²) in [6.45, 7) is 0.238. The maximum atomic E-state index is 11.8. The highest BCUT2D eigenvalue weighted by molar-refractivity contribution is 5.93. The van der Waals surface area contributed by atoms with Gasteiger partial charge in [0.2, 0.25) is 11.8 Å². The first-order valence-corrected chi connectivity index (χ1v) is 7.48. The number of nitrogens with one attached hydrogen (secondary N) is 2. The quantitative estimate of drug-likeness (QED) is 0.803. The van der Waals surface area contributed by atoms with E-state index in [4.69, 9.17) is 5.26 Å². The standard InChI is InChI=1S/C19H17N3O2/c20-14-16-7-4-8-17(13-16)22-19(24)11-12-21-18(23)10-9-15-5-2-1-3-6-15/h1-10,13H,11-12H2,(H,21,23)(H,22,24)/b10-9+. The van der Waals surface area contributed by atoms with E-state index in [1.54, 1.807) is 30.3 Å². The summed E-state index contributed by atoms with van der Waals surface area (Å²) >= 11 is 0. The number of carbonyl (C=O) groups excluding carboxylic acids is 2. The molecule has 0 aliphatic rings. The molecule has 2 amide bonds. The van der Waals surface area contributed by atoms with Crippen LogP contribution in [0.1, 0.15) is 17.5 Å². The van der Waals surface area contributed by atoms with Crippen LogP contribution in [0.5, 0.6) is 0 Å². The van der Waals surface area contributed by atoms with Crippen LogP contribution in [0, 0.1) is 11.3 Å². The monoisotopic (exact) mass is 319 g/mol. The second kappa shape index (κ2) is 8.91. The molecule has 0 aliphatic carbocycles. The molecule has 2 N–H and O–H groups in total. The molecule has 2 rings (SSSR count). The third-order valence-electron chi connectivity index (χ3n) is 3.15. The number of benzene rings is 2. The molecule has 0 radical (unpaired) electrons. The Morgan fingerprint density at radius 3 is 2.62 bits per heavy atom. The van der Waals surface area contributed by atoms with Crippen molar-refractivity contribution in [1.29, 1.82) is 5.26 Å². The molecule has 5 heteroatoms. The number of carbonyl (C=O) groups is 2. The van der Waals surface area contributed by atoms with Crippen LogP contribution in [0.25, 0.3) is 6.08 Å². The van der Waals surface area contributed by atoms with Crippen molar-refractivity contribution in [3.05, 3.63) is 71.8 Å². The predicted molar refractivity (Wildman–Crippen MR) is 92.9 cm³/mol. The summed E-state index contributed by atoms with van der Waals surface area (Å²) in [6, 6.07) is 18.2. The molecule has 0 heterocycles. The maximum absolute atomic E-state index is 11.8. The lowest BCUT2D eigenvalue weighted by Gasteiger charge is -2.06. The Kier molecular flexibility index (Phi) is 6.30. The van der Waals surface area contributed by atoms with Gasteiger partial charge in [-0.05, 0) is 29.8 Å². The highest BCUT2D eigenvalue weighted by atomic mass is 16.2. The highest BCUT2D eigenvalue weighted by Gasteiger charge is 2.04. The number of hydrogen-bond donors (Lipinski definition) is 2. The molecular formula is C19H17N3O2. The fourth-order valence-corrected chi connectivity index (χ4v) is 1.98. The topological polar surface area (TPSA) is 82.0 Å². The van der Waals surface area contributed by atoms with E-state index in [-0.39, 0.29) is 24.8 Å². The summed E-state index contributed by atoms with van der Waals surface area (Å²) in [5.74, 6) is -0.476. The Bertz CT molecular complexity index is 777. The number of rotatable bonds is 6.